The maximum atomic E-state index is 12.3. The fraction of sp³-hybridized carbons (Fsp3) is 0.150. The van der Waals surface area contributed by atoms with Crippen LogP contribution in [0, 0.1) is 0 Å². The van der Waals surface area contributed by atoms with Crippen LogP contribution < -0.4 is 10.6 Å². The molecule has 0 saturated heterocycles. The molecule has 25 heavy (non-hydrogen) atoms. The average Bonchev–Trinajstić information content (AvgIpc) is 2.67. The lowest BCUT2D eigenvalue weighted by atomic mass is 10.1. The van der Waals surface area contributed by atoms with E-state index in [1.807, 2.05) is 30.3 Å². The molecule has 1 aromatic carbocycles. The molecule has 3 rings (SSSR count). The number of hydrogen-bond donors (Lipinski definition) is 2. The third-order valence-electron chi connectivity index (χ3n) is 3.85. The Kier molecular flexibility index (Phi) is 5.36. The average molecular weight is 332 g/mol. The molecule has 0 bridgehead atoms. The first kappa shape index (κ1) is 16.6. The van der Waals surface area contributed by atoms with Crippen molar-refractivity contribution in [3.05, 3.63) is 83.9 Å². The summed E-state index contributed by atoms with van der Waals surface area (Å²) < 4.78 is 0. The lowest BCUT2D eigenvalue weighted by Crippen LogP contribution is -2.23. The summed E-state index contributed by atoms with van der Waals surface area (Å²) in [6.07, 6.45) is 7.65. The molecular weight excluding hydrogens is 312 g/mol. The number of aromatic nitrogens is 2. The van der Waals surface area contributed by atoms with Gasteiger partial charge >= 0.3 is 0 Å². The number of pyridine rings is 2. The van der Waals surface area contributed by atoms with Crippen molar-refractivity contribution in [2.45, 2.75) is 19.9 Å². The fourth-order valence-electron chi connectivity index (χ4n) is 2.53. The lowest BCUT2D eigenvalue weighted by molar-refractivity contribution is 0.0950. The number of rotatable bonds is 6. The summed E-state index contributed by atoms with van der Waals surface area (Å²) in [7, 11) is 0. The molecule has 0 aliphatic carbocycles. The van der Waals surface area contributed by atoms with Gasteiger partial charge in [0.1, 0.15) is 0 Å². The summed E-state index contributed by atoms with van der Waals surface area (Å²) in [5, 5.41) is 6.22. The molecule has 0 atom stereocenters. The molecule has 1 amide bonds. The Morgan fingerprint density at radius 2 is 1.92 bits per heavy atom. The van der Waals surface area contributed by atoms with E-state index in [9.17, 15) is 4.79 Å². The second kappa shape index (κ2) is 8.06. The van der Waals surface area contributed by atoms with E-state index in [-0.39, 0.29) is 5.91 Å². The van der Waals surface area contributed by atoms with Crippen LogP contribution in [0.5, 0.6) is 0 Å². The Labute approximate surface area is 147 Å². The minimum Gasteiger partial charge on any atom is -0.354 e. The highest BCUT2D eigenvalue weighted by Crippen LogP contribution is 2.21. The number of hydrogen-bond acceptors (Lipinski definition) is 4. The summed E-state index contributed by atoms with van der Waals surface area (Å²) in [6.45, 7) is 2.55. The van der Waals surface area contributed by atoms with Crippen molar-refractivity contribution < 1.29 is 4.79 Å². The molecule has 5 heteroatoms. The fourth-order valence-corrected chi connectivity index (χ4v) is 2.53. The molecule has 0 aliphatic heterocycles. The van der Waals surface area contributed by atoms with Crippen molar-refractivity contribution in [2.75, 3.05) is 5.32 Å². The smallest absolute Gasteiger partial charge is 0.253 e. The topological polar surface area (TPSA) is 66.9 Å². The first-order chi connectivity index (χ1) is 12.3. The monoisotopic (exact) mass is 332 g/mol. The van der Waals surface area contributed by atoms with Gasteiger partial charge in [-0.05, 0) is 35.7 Å². The van der Waals surface area contributed by atoms with Crippen molar-refractivity contribution in [1.82, 2.24) is 15.3 Å². The number of nitrogens with zero attached hydrogens (tertiary/aromatic N) is 2. The zero-order valence-corrected chi connectivity index (χ0v) is 14.1. The summed E-state index contributed by atoms with van der Waals surface area (Å²) >= 11 is 0. The van der Waals surface area contributed by atoms with Gasteiger partial charge in [0.15, 0.2) is 0 Å². The molecule has 3 aromatic rings. The molecule has 0 aliphatic rings. The van der Waals surface area contributed by atoms with Crippen LogP contribution >= 0.6 is 0 Å². The van der Waals surface area contributed by atoms with Gasteiger partial charge in [-0.15, -0.1) is 0 Å². The predicted molar refractivity (Wildman–Crippen MR) is 98.7 cm³/mol. The van der Waals surface area contributed by atoms with Crippen LogP contribution in [0.4, 0.5) is 11.4 Å². The van der Waals surface area contributed by atoms with Crippen molar-refractivity contribution in [1.29, 1.82) is 0 Å². The molecule has 5 nitrogen and oxygen atoms in total. The van der Waals surface area contributed by atoms with E-state index in [1.54, 1.807) is 30.9 Å². The SMILES string of the molecule is CCc1ccccc1Nc1cncc(C(=O)NCc2cccnc2)c1. The third kappa shape index (κ3) is 4.41. The Morgan fingerprint density at radius 3 is 2.72 bits per heavy atom. The molecule has 2 N–H and O–H groups in total. The summed E-state index contributed by atoms with van der Waals surface area (Å²) in [5.74, 6) is -0.163. The van der Waals surface area contributed by atoms with E-state index in [0.29, 0.717) is 12.1 Å². The molecule has 126 valence electrons. The summed E-state index contributed by atoms with van der Waals surface area (Å²) in [6, 6.07) is 13.7. The van der Waals surface area contributed by atoms with E-state index in [2.05, 4.69) is 33.6 Å². The molecule has 2 heterocycles. The molecule has 0 unspecified atom stereocenters. The van der Waals surface area contributed by atoms with Gasteiger partial charge in [-0.1, -0.05) is 31.2 Å². The van der Waals surface area contributed by atoms with Crippen LogP contribution in [0.2, 0.25) is 0 Å². The quantitative estimate of drug-likeness (QED) is 0.722. The maximum absolute atomic E-state index is 12.3. The number of nitrogens with one attached hydrogen (secondary N) is 2. The van der Waals surface area contributed by atoms with Gasteiger partial charge in [-0.2, -0.15) is 0 Å². The Hall–Kier alpha value is -3.21. The molecule has 0 fully saturated rings. The van der Waals surface area contributed by atoms with E-state index >= 15 is 0 Å². The van der Waals surface area contributed by atoms with Crippen molar-refractivity contribution in [3.63, 3.8) is 0 Å². The van der Waals surface area contributed by atoms with Crippen LogP contribution in [-0.4, -0.2) is 15.9 Å². The van der Waals surface area contributed by atoms with Gasteiger partial charge in [0.05, 0.1) is 17.4 Å². The number of aryl methyl sites for hydroxylation is 1. The second-order valence-electron chi connectivity index (χ2n) is 5.64. The van der Waals surface area contributed by atoms with Crippen LogP contribution in [-0.2, 0) is 13.0 Å². The van der Waals surface area contributed by atoms with Gasteiger partial charge in [0, 0.05) is 30.8 Å². The van der Waals surface area contributed by atoms with Gasteiger partial charge in [0.25, 0.3) is 5.91 Å². The van der Waals surface area contributed by atoms with Crippen LogP contribution in [0.3, 0.4) is 0 Å². The predicted octanol–water partition coefficient (Wildman–Crippen LogP) is 3.71. The van der Waals surface area contributed by atoms with E-state index in [1.165, 1.54) is 5.56 Å². The number of para-hydroxylation sites is 1. The van der Waals surface area contributed by atoms with Crippen LogP contribution in [0.25, 0.3) is 0 Å². The molecular formula is C20H20N4O. The number of carbonyl (C=O) groups is 1. The minimum absolute atomic E-state index is 0.163. The third-order valence-corrected chi connectivity index (χ3v) is 3.85. The zero-order chi connectivity index (χ0) is 17.5. The van der Waals surface area contributed by atoms with Gasteiger partial charge in [-0.3, -0.25) is 14.8 Å². The Morgan fingerprint density at radius 1 is 1.04 bits per heavy atom. The lowest BCUT2D eigenvalue weighted by Gasteiger charge is -2.11. The van der Waals surface area contributed by atoms with E-state index < -0.39 is 0 Å². The van der Waals surface area contributed by atoms with Crippen LogP contribution in [0.1, 0.15) is 28.4 Å². The van der Waals surface area contributed by atoms with Gasteiger partial charge in [0.2, 0.25) is 0 Å². The standard InChI is InChI=1S/C20H20N4O/c1-2-16-7-3-4-8-19(16)24-18-10-17(13-22-14-18)20(25)23-12-15-6-5-9-21-11-15/h3-11,13-14,24H,2,12H2,1H3,(H,23,25). The molecule has 2 aromatic heterocycles. The highest BCUT2D eigenvalue weighted by molar-refractivity contribution is 5.94. The van der Waals surface area contributed by atoms with Crippen molar-refractivity contribution in [2.24, 2.45) is 0 Å². The highest BCUT2D eigenvalue weighted by Gasteiger charge is 2.08. The largest absolute Gasteiger partial charge is 0.354 e. The minimum atomic E-state index is -0.163. The first-order valence-electron chi connectivity index (χ1n) is 8.23. The maximum Gasteiger partial charge on any atom is 0.253 e. The molecule has 0 radical (unpaired) electrons. The first-order valence-corrected chi connectivity index (χ1v) is 8.23. The molecule has 0 spiro atoms. The summed E-state index contributed by atoms with van der Waals surface area (Å²) in [4.78, 5) is 20.6. The van der Waals surface area contributed by atoms with E-state index in [0.717, 1.165) is 23.4 Å². The summed E-state index contributed by atoms with van der Waals surface area (Å²) in [5.41, 5.74) is 4.50. The number of amides is 1. The Balaban J connectivity index is 1.69. The number of anilines is 2. The van der Waals surface area contributed by atoms with Gasteiger partial charge in [-0.25, -0.2) is 0 Å². The van der Waals surface area contributed by atoms with Crippen molar-refractivity contribution in [3.8, 4) is 0 Å². The van der Waals surface area contributed by atoms with Crippen LogP contribution in [0.15, 0.2) is 67.3 Å². The zero-order valence-electron chi connectivity index (χ0n) is 14.1. The number of carbonyl (C=O) groups excluding carboxylic acids is 1. The molecule has 0 saturated carbocycles. The van der Waals surface area contributed by atoms with Crippen molar-refractivity contribution >= 4 is 17.3 Å². The van der Waals surface area contributed by atoms with Gasteiger partial charge < -0.3 is 10.6 Å². The van der Waals surface area contributed by atoms with E-state index in [4.69, 9.17) is 0 Å². The number of benzene rings is 1. The highest BCUT2D eigenvalue weighted by atomic mass is 16.1. The normalized spacial score (nSPS) is 10.3. The second-order valence-corrected chi connectivity index (χ2v) is 5.64. The Bertz CT molecular complexity index is 849.